The highest BCUT2D eigenvalue weighted by Gasteiger charge is 2.05. The van der Waals surface area contributed by atoms with Gasteiger partial charge in [0.1, 0.15) is 11.5 Å². The Morgan fingerprint density at radius 1 is 0.917 bits per heavy atom. The van der Waals surface area contributed by atoms with Crippen molar-refractivity contribution in [3.05, 3.63) is 79.0 Å². The molecule has 1 amide bonds. The number of hydrogen-bond acceptors (Lipinski definition) is 4. The monoisotopic (exact) mass is 320 g/mol. The molecule has 0 radical (unpaired) electrons. The van der Waals surface area contributed by atoms with Crippen LogP contribution in [-0.2, 0) is 4.79 Å². The van der Waals surface area contributed by atoms with Gasteiger partial charge in [-0.3, -0.25) is 4.79 Å². The summed E-state index contributed by atoms with van der Waals surface area (Å²) in [6.45, 7) is -0.110. The smallest absolute Gasteiger partial charge is 0.262 e. The van der Waals surface area contributed by atoms with Crippen LogP contribution in [0, 0.1) is 0 Å². The topological polar surface area (TPSA) is 60.5 Å². The van der Waals surface area contributed by atoms with Crippen LogP contribution < -0.4 is 14.8 Å². The van der Waals surface area contributed by atoms with Crippen molar-refractivity contribution in [1.82, 2.24) is 4.98 Å². The first kappa shape index (κ1) is 15.6. The van der Waals surface area contributed by atoms with Crippen LogP contribution in [0.15, 0.2) is 79.0 Å². The number of benzene rings is 2. The molecule has 1 N–H and O–H groups in total. The van der Waals surface area contributed by atoms with Crippen molar-refractivity contribution < 1.29 is 14.3 Å². The molecule has 0 saturated heterocycles. The van der Waals surface area contributed by atoms with Crippen LogP contribution in [0.3, 0.4) is 0 Å². The van der Waals surface area contributed by atoms with Crippen molar-refractivity contribution in [2.45, 2.75) is 0 Å². The third kappa shape index (κ3) is 4.58. The summed E-state index contributed by atoms with van der Waals surface area (Å²) in [6.07, 6.45) is 1.61. The maximum atomic E-state index is 12.0. The fourth-order valence-electron chi connectivity index (χ4n) is 2.03. The van der Waals surface area contributed by atoms with Gasteiger partial charge in [0.05, 0.1) is 0 Å². The molecule has 2 aromatic carbocycles. The standard InChI is InChI=1S/C19H16N2O3/c22-18(14-23-19-11-4-5-12-20-19)21-15-7-6-10-17(13-15)24-16-8-2-1-3-9-16/h1-13H,14H2,(H,21,22). The third-order valence-corrected chi connectivity index (χ3v) is 3.09. The first-order valence-electron chi connectivity index (χ1n) is 7.46. The molecule has 0 saturated carbocycles. The van der Waals surface area contributed by atoms with Crippen LogP contribution in [0.5, 0.6) is 17.4 Å². The number of para-hydroxylation sites is 1. The highest BCUT2D eigenvalue weighted by Crippen LogP contribution is 2.23. The van der Waals surface area contributed by atoms with E-state index in [4.69, 9.17) is 9.47 Å². The summed E-state index contributed by atoms with van der Waals surface area (Å²) in [4.78, 5) is 15.9. The number of hydrogen-bond donors (Lipinski definition) is 1. The number of carbonyl (C=O) groups is 1. The SMILES string of the molecule is O=C(COc1ccccn1)Nc1cccc(Oc2ccccc2)c1. The molecule has 24 heavy (non-hydrogen) atoms. The summed E-state index contributed by atoms with van der Waals surface area (Å²) >= 11 is 0. The maximum Gasteiger partial charge on any atom is 0.262 e. The first-order chi connectivity index (χ1) is 11.8. The number of pyridine rings is 1. The van der Waals surface area contributed by atoms with Crippen LogP contribution in [0.4, 0.5) is 5.69 Å². The van der Waals surface area contributed by atoms with Gasteiger partial charge in [-0.05, 0) is 30.3 Å². The van der Waals surface area contributed by atoms with E-state index in [1.165, 1.54) is 0 Å². The molecule has 1 heterocycles. The highest BCUT2D eigenvalue weighted by atomic mass is 16.5. The lowest BCUT2D eigenvalue weighted by Crippen LogP contribution is -2.20. The average Bonchev–Trinajstić information content (AvgIpc) is 2.62. The molecular weight excluding hydrogens is 304 g/mol. The van der Waals surface area contributed by atoms with Crippen molar-refractivity contribution in [2.24, 2.45) is 0 Å². The summed E-state index contributed by atoms with van der Waals surface area (Å²) in [7, 11) is 0. The van der Waals surface area contributed by atoms with E-state index in [0.29, 0.717) is 17.3 Å². The van der Waals surface area contributed by atoms with Crippen LogP contribution in [0.2, 0.25) is 0 Å². The minimum absolute atomic E-state index is 0.110. The van der Waals surface area contributed by atoms with Gasteiger partial charge in [-0.2, -0.15) is 0 Å². The van der Waals surface area contributed by atoms with E-state index in [1.54, 1.807) is 36.5 Å². The summed E-state index contributed by atoms with van der Waals surface area (Å²) in [5.74, 6) is 1.52. The fraction of sp³-hybridized carbons (Fsp3) is 0.0526. The second-order valence-corrected chi connectivity index (χ2v) is 4.95. The molecule has 3 aromatic rings. The summed E-state index contributed by atoms with van der Waals surface area (Å²) in [5.41, 5.74) is 0.637. The van der Waals surface area contributed by atoms with Crippen molar-refractivity contribution in [1.29, 1.82) is 0 Å². The van der Waals surface area contributed by atoms with Crippen molar-refractivity contribution in [3.8, 4) is 17.4 Å². The van der Waals surface area contributed by atoms with Gasteiger partial charge in [0.25, 0.3) is 5.91 Å². The first-order valence-corrected chi connectivity index (χ1v) is 7.46. The van der Waals surface area contributed by atoms with Crippen LogP contribution in [0.25, 0.3) is 0 Å². The number of nitrogens with one attached hydrogen (secondary N) is 1. The molecule has 0 aliphatic carbocycles. The zero-order valence-corrected chi connectivity index (χ0v) is 12.9. The molecule has 0 aliphatic heterocycles. The van der Waals surface area contributed by atoms with Gasteiger partial charge in [-0.15, -0.1) is 0 Å². The molecule has 3 rings (SSSR count). The largest absolute Gasteiger partial charge is 0.468 e. The fourth-order valence-corrected chi connectivity index (χ4v) is 2.03. The molecule has 5 heteroatoms. The van der Waals surface area contributed by atoms with E-state index >= 15 is 0 Å². The molecule has 0 spiro atoms. The zero-order valence-electron chi connectivity index (χ0n) is 12.9. The maximum absolute atomic E-state index is 12.0. The molecule has 1 aromatic heterocycles. The molecule has 0 aliphatic rings. The predicted octanol–water partition coefficient (Wildman–Crippen LogP) is 3.89. The normalized spacial score (nSPS) is 10.0. The average molecular weight is 320 g/mol. The second kappa shape index (κ2) is 7.78. The summed E-state index contributed by atoms with van der Waals surface area (Å²) in [6, 6.07) is 21.9. The number of rotatable bonds is 6. The molecular formula is C19H16N2O3. The Morgan fingerprint density at radius 2 is 1.71 bits per heavy atom. The summed E-state index contributed by atoms with van der Waals surface area (Å²) in [5, 5.41) is 2.77. The van der Waals surface area contributed by atoms with E-state index in [1.807, 2.05) is 42.5 Å². The lowest BCUT2D eigenvalue weighted by molar-refractivity contribution is -0.118. The number of nitrogens with zero attached hydrogens (tertiary/aromatic N) is 1. The van der Waals surface area contributed by atoms with Gasteiger partial charge in [0, 0.05) is 24.0 Å². The predicted molar refractivity (Wildman–Crippen MR) is 91.3 cm³/mol. The number of anilines is 1. The highest BCUT2D eigenvalue weighted by molar-refractivity contribution is 5.92. The van der Waals surface area contributed by atoms with Crippen LogP contribution in [0.1, 0.15) is 0 Å². The quantitative estimate of drug-likeness (QED) is 0.748. The van der Waals surface area contributed by atoms with Gasteiger partial charge >= 0.3 is 0 Å². The van der Waals surface area contributed by atoms with Gasteiger partial charge in [-0.1, -0.05) is 30.3 Å². The minimum Gasteiger partial charge on any atom is -0.468 e. The van der Waals surface area contributed by atoms with Gasteiger partial charge < -0.3 is 14.8 Å². The molecule has 0 bridgehead atoms. The third-order valence-electron chi connectivity index (χ3n) is 3.09. The lowest BCUT2D eigenvalue weighted by Gasteiger charge is -2.09. The Kier molecular flexibility index (Phi) is 5.04. The number of aromatic nitrogens is 1. The van der Waals surface area contributed by atoms with E-state index < -0.39 is 0 Å². The van der Waals surface area contributed by atoms with Crippen molar-refractivity contribution in [3.63, 3.8) is 0 Å². The Bertz CT molecular complexity index is 792. The number of amides is 1. The second-order valence-electron chi connectivity index (χ2n) is 4.95. The molecule has 0 atom stereocenters. The Morgan fingerprint density at radius 3 is 2.50 bits per heavy atom. The Hall–Kier alpha value is -3.34. The van der Waals surface area contributed by atoms with Gasteiger partial charge in [0.15, 0.2) is 6.61 Å². The summed E-state index contributed by atoms with van der Waals surface area (Å²) < 4.78 is 11.0. The van der Waals surface area contributed by atoms with Crippen LogP contribution in [-0.4, -0.2) is 17.5 Å². The van der Waals surface area contributed by atoms with Crippen molar-refractivity contribution >= 4 is 11.6 Å². The van der Waals surface area contributed by atoms with Crippen LogP contribution >= 0.6 is 0 Å². The lowest BCUT2D eigenvalue weighted by atomic mass is 10.3. The van der Waals surface area contributed by atoms with E-state index in [0.717, 1.165) is 5.75 Å². The molecule has 120 valence electrons. The Labute approximate surface area is 139 Å². The molecule has 5 nitrogen and oxygen atoms in total. The van der Waals surface area contributed by atoms with E-state index in [-0.39, 0.29) is 12.5 Å². The van der Waals surface area contributed by atoms with Gasteiger partial charge in [0.2, 0.25) is 5.88 Å². The number of ether oxygens (including phenoxy) is 2. The Balaban J connectivity index is 1.57. The molecule has 0 fully saturated rings. The number of carbonyl (C=O) groups excluding carboxylic acids is 1. The minimum atomic E-state index is -0.266. The molecule has 0 unspecified atom stereocenters. The van der Waals surface area contributed by atoms with E-state index in [9.17, 15) is 4.79 Å². The zero-order chi connectivity index (χ0) is 16.6. The van der Waals surface area contributed by atoms with E-state index in [2.05, 4.69) is 10.3 Å². The van der Waals surface area contributed by atoms with Gasteiger partial charge in [-0.25, -0.2) is 4.98 Å². The van der Waals surface area contributed by atoms with Crippen molar-refractivity contribution in [2.75, 3.05) is 11.9 Å².